The Morgan fingerprint density at radius 2 is 1.70 bits per heavy atom. The van der Waals surface area contributed by atoms with Crippen LogP contribution in [0.4, 0.5) is 5.69 Å². The third-order valence-electron chi connectivity index (χ3n) is 3.10. The second kappa shape index (κ2) is 5.64. The Morgan fingerprint density at radius 1 is 1.05 bits per heavy atom. The van der Waals surface area contributed by atoms with Gasteiger partial charge in [0.25, 0.3) is 10.0 Å². The van der Waals surface area contributed by atoms with Crippen molar-refractivity contribution in [3.05, 3.63) is 59.2 Å². The molecule has 0 atom stereocenters. The second-order valence-electron chi connectivity index (χ2n) is 4.77. The van der Waals surface area contributed by atoms with Gasteiger partial charge in [0.1, 0.15) is 0 Å². The zero-order chi connectivity index (χ0) is 14.8. The van der Waals surface area contributed by atoms with Crippen LogP contribution in [0.15, 0.2) is 47.4 Å². The molecule has 2 aromatic rings. The molecule has 0 heterocycles. The van der Waals surface area contributed by atoms with Crippen LogP contribution in [0.2, 0.25) is 0 Å². The van der Waals surface area contributed by atoms with Crippen LogP contribution in [0, 0.1) is 13.8 Å². The number of rotatable bonds is 4. The molecule has 0 saturated carbocycles. The van der Waals surface area contributed by atoms with Crippen molar-refractivity contribution >= 4 is 15.7 Å². The van der Waals surface area contributed by atoms with E-state index >= 15 is 0 Å². The van der Waals surface area contributed by atoms with Crippen molar-refractivity contribution in [2.24, 2.45) is 5.73 Å². The van der Waals surface area contributed by atoms with E-state index in [-0.39, 0.29) is 4.90 Å². The normalized spacial score (nSPS) is 11.3. The summed E-state index contributed by atoms with van der Waals surface area (Å²) in [5.74, 6) is 0. The number of nitrogens with one attached hydrogen (secondary N) is 1. The number of hydrogen-bond donors (Lipinski definition) is 2. The monoisotopic (exact) mass is 290 g/mol. The predicted molar refractivity (Wildman–Crippen MR) is 81.1 cm³/mol. The number of benzene rings is 2. The first-order valence-corrected chi connectivity index (χ1v) is 7.80. The maximum Gasteiger partial charge on any atom is 0.261 e. The number of hydrogen-bond acceptors (Lipinski definition) is 3. The van der Waals surface area contributed by atoms with Gasteiger partial charge in [-0.3, -0.25) is 4.72 Å². The van der Waals surface area contributed by atoms with Crippen molar-refractivity contribution in [3.63, 3.8) is 0 Å². The zero-order valence-corrected chi connectivity index (χ0v) is 12.4. The lowest BCUT2D eigenvalue weighted by atomic mass is 10.1. The first kappa shape index (κ1) is 14.6. The summed E-state index contributed by atoms with van der Waals surface area (Å²) in [6, 6.07) is 12.2. The first-order chi connectivity index (χ1) is 9.42. The number of anilines is 1. The van der Waals surface area contributed by atoms with E-state index in [9.17, 15) is 8.42 Å². The molecule has 0 radical (unpaired) electrons. The highest BCUT2D eigenvalue weighted by Gasteiger charge is 2.14. The summed E-state index contributed by atoms with van der Waals surface area (Å²) in [6.07, 6.45) is 0. The third-order valence-corrected chi connectivity index (χ3v) is 4.48. The van der Waals surface area contributed by atoms with Crippen molar-refractivity contribution < 1.29 is 8.42 Å². The van der Waals surface area contributed by atoms with Gasteiger partial charge in [-0.15, -0.1) is 0 Å². The van der Waals surface area contributed by atoms with E-state index in [1.54, 1.807) is 30.3 Å². The minimum absolute atomic E-state index is 0.231. The van der Waals surface area contributed by atoms with Gasteiger partial charge in [0.05, 0.1) is 10.6 Å². The molecule has 0 spiro atoms. The Labute approximate surface area is 119 Å². The minimum Gasteiger partial charge on any atom is -0.326 e. The molecule has 0 aromatic heterocycles. The lowest BCUT2D eigenvalue weighted by Crippen LogP contribution is -2.14. The van der Waals surface area contributed by atoms with Crippen molar-refractivity contribution in [1.82, 2.24) is 0 Å². The second-order valence-corrected chi connectivity index (χ2v) is 6.45. The molecule has 20 heavy (non-hydrogen) atoms. The fourth-order valence-electron chi connectivity index (χ4n) is 1.94. The van der Waals surface area contributed by atoms with Crippen molar-refractivity contribution in [3.8, 4) is 0 Å². The quantitative estimate of drug-likeness (QED) is 0.909. The average Bonchev–Trinajstić information content (AvgIpc) is 2.42. The molecule has 5 heteroatoms. The van der Waals surface area contributed by atoms with Crippen LogP contribution in [0.3, 0.4) is 0 Å². The van der Waals surface area contributed by atoms with Crippen molar-refractivity contribution in [2.75, 3.05) is 4.72 Å². The average molecular weight is 290 g/mol. The van der Waals surface area contributed by atoms with Crippen LogP contribution in [-0.4, -0.2) is 8.42 Å². The van der Waals surface area contributed by atoms with E-state index in [1.165, 1.54) is 0 Å². The lowest BCUT2D eigenvalue weighted by Gasteiger charge is -2.11. The molecule has 0 unspecified atom stereocenters. The molecule has 0 aliphatic carbocycles. The molecular weight excluding hydrogens is 272 g/mol. The van der Waals surface area contributed by atoms with Gasteiger partial charge in [-0.1, -0.05) is 29.8 Å². The summed E-state index contributed by atoms with van der Waals surface area (Å²) >= 11 is 0. The molecule has 0 bridgehead atoms. The van der Waals surface area contributed by atoms with E-state index in [2.05, 4.69) is 4.72 Å². The Kier molecular flexibility index (Phi) is 4.11. The molecule has 0 aliphatic heterocycles. The van der Waals surface area contributed by atoms with E-state index in [0.717, 1.165) is 16.7 Å². The molecule has 106 valence electrons. The van der Waals surface area contributed by atoms with Crippen molar-refractivity contribution in [2.45, 2.75) is 25.3 Å². The number of aryl methyl sites for hydroxylation is 2. The van der Waals surface area contributed by atoms with Crippen LogP contribution in [-0.2, 0) is 16.6 Å². The zero-order valence-electron chi connectivity index (χ0n) is 11.6. The maximum absolute atomic E-state index is 12.3. The Hall–Kier alpha value is -1.85. The Morgan fingerprint density at radius 3 is 2.25 bits per heavy atom. The number of sulfonamides is 1. The summed E-state index contributed by atoms with van der Waals surface area (Å²) in [4.78, 5) is 0.231. The standard InChI is InChI=1S/C15H18N2O2S/c1-11-3-8-15(12(2)9-11)17-20(18,19)14-6-4-13(10-16)5-7-14/h3-9,17H,10,16H2,1-2H3. The Bertz CT molecular complexity index is 707. The fourth-order valence-corrected chi connectivity index (χ4v) is 3.07. The molecule has 2 rings (SSSR count). The van der Waals surface area contributed by atoms with Gasteiger partial charge in [0.2, 0.25) is 0 Å². The predicted octanol–water partition coefficient (Wildman–Crippen LogP) is 2.56. The molecule has 0 saturated heterocycles. The largest absolute Gasteiger partial charge is 0.326 e. The first-order valence-electron chi connectivity index (χ1n) is 6.31. The third kappa shape index (κ3) is 3.18. The topological polar surface area (TPSA) is 72.2 Å². The van der Waals surface area contributed by atoms with Crippen molar-refractivity contribution in [1.29, 1.82) is 0 Å². The summed E-state index contributed by atoms with van der Waals surface area (Å²) < 4.78 is 27.2. The smallest absolute Gasteiger partial charge is 0.261 e. The van der Waals surface area contributed by atoms with Crippen LogP contribution in [0.1, 0.15) is 16.7 Å². The SMILES string of the molecule is Cc1ccc(NS(=O)(=O)c2ccc(CN)cc2)c(C)c1. The van der Waals surface area contributed by atoms with Gasteiger partial charge in [-0.2, -0.15) is 0 Å². The Balaban J connectivity index is 2.30. The molecular formula is C15H18N2O2S. The molecule has 0 amide bonds. The highest BCUT2D eigenvalue weighted by atomic mass is 32.2. The molecule has 0 fully saturated rings. The highest BCUT2D eigenvalue weighted by Crippen LogP contribution is 2.20. The highest BCUT2D eigenvalue weighted by molar-refractivity contribution is 7.92. The van der Waals surface area contributed by atoms with Crippen LogP contribution in [0.5, 0.6) is 0 Å². The van der Waals surface area contributed by atoms with Gasteiger partial charge >= 0.3 is 0 Å². The van der Waals surface area contributed by atoms with E-state index in [1.807, 2.05) is 26.0 Å². The molecule has 3 N–H and O–H groups in total. The van der Waals surface area contributed by atoms with Crippen LogP contribution in [0.25, 0.3) is 0 Å². The van der Waals surface area contributed by atoms with Gasteiger partial charge in [-0.25, -0.2) is 8.42 Å². The summed E-state index contributed by atoms with van der Waals surface area (Å²) in [6.45, 7) is 4.24. The lowest BCUT2D eigenvalue weighted by molar-refractivity contribution is 0.601. The summed E-state index contributed by atoms with van der Waals surface area (Å²) in [5.41, 5.74) is 8.99. The fraction of sp³-hybridized carbons (Fsp3) is 0.200. The summed E-state index contributed by atoms with van der Waals surface area (Å²) in [5, 5.41) is 0. The van der Waals surface area contributed by atoms with Gasteiger partial charge in [0.15, 0.2) is 0 Å². The van der Waals surface area contributed by atoms with Gasteiger partial charge < -0.3 is 5.73 Å². The maximum atomic E-state index is 12.3. The molecule has 2 aromatic carbocycles. The van der Waals surface area contributed by atoms with Crippen LogP contribution < -0.4 is 10.5 Å². The van der Waals surface area contributed by atoms with E-state index in [0.29, 0.717) is 12.2 Å². The molecule has 0 aliphatic rings. The van der Waals surface area contributed by atoms with Crippen LogP contribution >= 0.6 is 0 Å². The van der Waals surface area contributed by atoms with E-state index < -0.39 is 10.0 Å². The number of nitrogens with two attached hydrogens (primary N) is 1. The molecule has 4 nitrogen and oxygen atoms in total. The van der Waals surface area contributed by atoms with E-state index in [4.69, 9.17) is 5.73 Å². The summed E-state index contributed by atoms with van der Waals surface area (Å²) in [7, 11) is -3.56. The van der Waals surface area contributed by atoms with Gasteiger partial charge in [0, 0.05) is 6.54 Å². The van der Waals surface area contributed by atoms with Gasteiger partial charge in [-0.05, 0) is 43.2 Å². The minimum atomic E-state index is -3.56.